The minimum atomic E-state index is -1.94. The zero-order chi connectivity index (χ0) is 45.0. The number of amides is 4. The normalized spacial score (nSPS) is 16.5. The van der Waals surface area contributed by atoms with Crippen LogP contribution in [-0.4, -0.2) is 88.3 Å². The van der Waals surface area contributed by atoms with Crippen molar-refractivity contribution in [3.05, 3.63) is 123 Å². The van der Waals surface area contributed by atoms with Crippen molar-refractivity contribution in [2.45, 2.75) is 57.5 Å². The van der Waals surface area contributed by atoms with Crippen LogP contribution in [-0.2, 0) is 65.2 Å². The van der Waals surface area contributed by atoms with Crippen LogP contribution in [0.5, 0.6) is 0 Å². The molecule has 2 atom stereocenters. The van der Waals surface area contributed by atoms with Crippen LogP contribution >= 0.6 is 0 Å². The second-order valence-corrected chi connectivity index (χ2v) is 15.6. The topological polar surface area (TPSA) is 260 Å². The predicted molar refractivity (Wildman–Crippen MR) is 233 cm³/mol. The minimum Gasteiger partial charge on any atom is -0.458 e. The van der Waals surface area contributed by atoms with E-state index >= 15 is 0 Å². The van der Waals surface area contributed by atoms with E-state index in [-0.39, 0.29) is 75.7 Å². The molecule has 0 unspecified atom stereocenters. The molecule has 64 heavy (non-hydrogen) atoms. The Morgan fingerprint density at radius 3 is 2.55 bits per heavy atom. The highest BCUT2D eigenvalue weighted by molar-refractivity contribution is 6.09. The molecule has 0 saturated heterocycles. The second kappa shape index (κ2) is 18.7. The van der Waals surface area contributed by atoms with E-state index in [1.54, 1.807) is 41.8 Å². The zero-order valence-electron chi connectivity index (χ0n) is 35.0. The number of aliphatic hydroxyl groups is 1. The van der Waals surface area contributed by atoms with Crippen molar-refractivity contribution in [3.63, 3.8) is 0 Å². The molecule has 2 aromatic heterocycles. The van der Waals surface area contributed by atoms with E-state index in [9.17, 15) is 33.9 Å². The molecule has 0 spiro atoms. The van der Waals surface area contributed by atoms with Crippen LogP contribution in [0, 0.1) is 0 Å². The van der Waals surface area contributed by atoms with Crippen LogP contribution in [0.1, 0.15) is 47.6 Å². The summed E-state index contributed by atoms with van der Waals surface area (Å²) in [6.45, 7) is 1.18. The summed E-state index contributed by atoms with van der Waals surface area (Å²) >= 11 is 0. The number of rotatable bonds is 17. The van der Waals surface area contributed by atoms with E-state index in [1.165, 1.54) is 0 Å². The largest absolute Gasteiger partial charge is 0.458 e. The van der Waals surface area contributed by atoms with Crippen molar-refractivity contribution >= 4 is 51.3 Å². The Labute approximate surface area is 366 Å². The van der Waals surface area contributed by atoms with Gasteiger partial charge in [-0.25, -0.2) is 9.78 Å². The van der Waals surface area contributed by atoms with Gasteiger partial charge in [0, 0.05) is 41.3 Å². The molecule has 0 fully saturated rings. The first-order valence-corrected chi connectivity index (χ1v) is 20.9. The Bertz CT molecular complexity index is 2760. The summed E-state index contributed by atoms with van der Waals surface area (Å²) in [6.07, 6.45) is 2.56. The summed E-state index contributed by atoms with van der Waals surface area (Å²) in [5.41, 5.74) is 15.1. The van der Waals surface area contributed by atoms with Crippen molar-refractivity contribution in [3.8, 4) is 11.4 Å². The number of nitrogens with one attached hydrogen (secondary N) is 6. The number of cyclic esters (lactones) is 1. The first-order chi connectivity index (χ1) is 31.0. The standard InChI is InChI=1S/C45H48N10O9/c1-2-45(62)33-17-36-41-31(23-55(36)43(60)32(33)24-64-44(45)61)30(40-29-11-7-6-10-27(29)12-13-34(40)51-41)22-54-21-28(52-53-54)14-15-63-25-49-38(57)19-48-42(59)35(16-26-8-4-3-5-9-26)50-39(58)20-47-37(56)18-46/h3-13,17,21,35,52-53,62H,2,14-16,18-20,22-25,46H2,1H3,(H,47,56)(H,48,59)(H,49,57)(H,50,58)/t35-,45-/m0/s1. The van der Waals surface area contributed by atoms with Crippen molar-refractivity contribution in [1.29, 1.82) is 0 Å². The number of esters is 1. The predicted octanol–water partition coefficient (Wildman–Crippen LogP) is 0.298. The highest BCUT2D eigenvalue weighted by Crippen LogP contribution is 2.42. The molecule has 0 aliphatic carbocycles. The van der Waals surface area contributed by atoms with Gasteiger partial charge in [-0.3, -0.25) is 29.0 Å². The Morgan fingerprint density at radius 1 is 0.969 bits per heavy atom. The molecule has 3 aliphatic heterocycles. The Balaban J connectivity index is 0.898. The molecule has 0 saturated carbocycles. The van der Waals surface area contributed by atoms with Gasteiger partial charge in [0.1, 0.15) is 19.4 Å². The maximum atomic E-state index is 14.0. The lowest BCUT2D eigenvalue weighted by Gasteiger charge is -2.31. The number of fused-ring (bicyclic) bond motifs is 7. The molecule has 3 aromatic carbocycles. The molecule has 8 rings (SSSR count). The third-order valence-electron chi connectivity index (χ3n) is 11.6. The first kappa shape index (κ1) is 43.5. The van der Waals surface area contributed by atoms with Crippen molar-refractivity contribution in [1.82, 2.24) is 46.8 Å². The van der Waals surface area contributed by atoms with Gasteiger partial charge in [0.05, 0.1) is 61.8 Å². The number of benzene rings is 3. The molecule has 332 valence electrons. The molecule has 3 aliphatic rings. The molecular weight excluding hydrogens is 825 g/mol. The number of nitrogens with zero attached hydrogens (tertiary/aromatic N) is 3. The van der Waals surface area contributed by atoms with E-state index in [2.05, 4.69) is 32.2 Å². The van der Waals surface area contributed by atoms with Gasteiger partial charge in [-0.15, -0.1) is 5.53 Å². The number of nitrogens with two attached hydrogens (primary N) is 1. The van der Waals surface area contributed by atoms with Crippen LogP contribution in [0.25, 0.3) is 33.1 Å². The second-order valence-electron chi connectivity index (χ2n) is 15.6. The Kier molecular flexibility index (Phi) is 12.7. The van der Waals surface area contributed by atoms with E-state index in [1.807, 2.05) is 53.7 Å². The monoisotopic (exact) mass is 872 g/mol. The minimum absolute atomic E-state index is 0.0417. The van der Waals surface area contributed by atoms with E-state index < -0.39 is 41.2 Å². The average molecular weight is 873 g/mol. The Morgan fingerprint density at radius 2 is 1.75 bits per heavy atom. The van der Waals surface area contributed by atoms with Gasteiger partial charge in [0.25, 0.3) is 5.56 Å². The summed E-state index contributed by atoms with van der Waals surface area (Å²) < 4.78 is 12.6. The maximum Gasteiger partial charge on any atom is 0.343 e. The van der Waals surface area contributed by atoms with Gasteiger partial charge < -0.3 is 51.6 Å². The molecule has 19 nitrogen and oxygen atoms in total. The van der Waals surface area contributed by atoms with Crippen LogP contribution in [0.15, 0.2) is 89.5 Å². The van der Waals surface area contributed by atoms with E-state index in [0.29, 0.717) is 24.4 Å². The maximum absolute atomic E-state index is 14.0. The molecule has 9 N–H and O–H groups in total. The molecule has 0 radical (unpaired) electrons. The molecular formula is C45H48N10O9. The third-order valence-corrected chi connectivity index (χ3v) is 11.6. The van der Waals surface area contributed by atoms with Crippen LogP contribution in [0.2, 0.25) is 0 Å². The summed E-state index contributed by atoms with van der Waals surface area (Å²) in [5.74, 6) is -2.97. The Hall–Kier alpha value is -7.19. The quantitative estimate of drug-likeness (QED) is 0.0266. The van der Waals surface area contributed by atoms with Crippen LogP contribution < -0.4 is 43.5 Å². The SMILES string of the molecule is CC[C@@]1(O)C(=O)OCc2c1cc1n(c2=O)Cc2c-1nc1ccc3ccccc3c1c2CN1C=C(CCOCNC(=O)CNC(=O)[C@H](Cc2ccccc2)NC(=O)CNC(=O)CN)NN1. The number of ether oxygens (including phenoxy) is 2. The number of hydrazine groups is 2. The van der Waals surface area contributed by atoms with Gasteiger partial charge in [0.15, 0.2) is 5.60 Å². The smallest absolute Gasteiger partial charge is 0.343 e. The summed E-state index contributed by atoms with van der Waals surface area (Å²) in [5, 5.41) is 26.4. The van der Waals surface area contributed by atoms with Crippen molar-refractivity contribution < 1.29 is 38.6 Å². The van der Waals surface area contributed by atoms with Gasteiger partial charge in [-0.05, 0) is 40.5 Å². The van der Waals surface area contributed by atoms with Crippen LogP contribution in [0.4, 0.5) is 0 Å². The van der Waals surface area contributed by atoms with Gasteiger partial charge in [-0.2, -0.15) is 0 Å². The third kappa shape index (κ3) is 8.86. The fourth-order valence-corrected chi connectivity index (χ4v) is 8.19. The number of pyridine rings is 2. The summed E-state index contributed by atoms with van der Waals surface area (Å²) in [4.78, 5) is 81.5. The number of carbonyl (C=O) groups excluding carboxylic acids is 5. The number of hydrogen-bond donors (Lipinski definition) is 8. The number of hydrogen-bond acceptors (Lipinski definition) is 14. The number of carbonyl (C=O) groups is 5. The van der Waals surface area contributed by atoms with Crippen molar-refractivity contribution in [2.75, 3.05) is 33.0 Å². The first-order valence-electron chi connectivity index (χ1n) is 20.9. The molecule has 4 amide bonds. The molecule has 5 heterocycles. The average Bonchev–Trinajstić information content (AvgIpc) is 3.92. The van der Waals surface area contributed by atoms with Gasteiger partial charge in [0.2, 0.25) is 23.6 Å². The van der Waals surface area contributed by atoms with Gasteiger partial charge in [-0.1, -0.05) is 67.6 Å². The van der Waals surface area contributed by atoms with Gasteiger partial charge >= 0.3 is 5.97 Å². The van der Waals surface area contributed by atoms with E-state index in [4.69, 9.17) is 20.2 Å². The molecule has 0 bridgehead atoms. The van der Waals surface area contributed by atoms with Crippen LogP contribution in [0.3, 0.4) is 0 Å². The number of aromatic nitrogens is 2. The zero-order valence-corrected chi connectivity index (χ0v) is 35.0. The lowest BCUT2D eigenvalue weighted by atomic mass is 9.86. The highest BCUT2D eigenvalue weighted by Gasteiger charge is 2.45. The lowest BCUT2D eigenvalue weighted by molar-refractivity contribution is -0.172. The summed E-state index contributed by atoms with van der Waals surface area (Å²) in [7, 11) is 0. The highest BCUT2D eigenvalue weighted by atomic mass is 16.6. The lowest BCUT2D eigenvalue weighted by Crippen LogP contribution is -2.52. The fraction of sp³-hybridized carbons (Fsp3) is 0.311. The summed E-state index contributed by atoms with van der Waals surface area (Å²) in [6, 6.07) is 21.7. The van der Waals surface area contributed by atoms with E-state index in [0.717, 1.165) is 44.1 Å². The fourth-order valence-electron chi connectivity index (χ4n) is 8.19. The molecule has 5 aromatic rings. The van der Waals surface area contributed by atoms with Crippen molar-refractivity contribution in [2.24, 2.45) is 5.73 Å². The molecule has 19 heteroatoms.